The maximum Gasteiger partial charge on any atom is 0.300 e. The van der Waals surface area contributed by atoms with E-state index in [1.165, 1.54) is 4.90 Å². The third-order valence-corrected chi connectivity index (χ3v) is 6.85. The zero-order valence-corrected chi connectivity index (χ0v) is 23.1. The van der Waals surface area contributed by atoms with Crippen LogP contribution in [0.1, 0.15) is 69.8 Å². The topological polar surface area (TPSA) is 66.8 Å². The summed E-state index contributed by atoms with van der Waals surface area (Å²) in [4.78, 5) is 28.5. The summed E-state index contributed by atoms with van der Waals surface area (Å²) in [6, 6.07) is 21.8. The van der Waals surface area contributed by atoms with Gasteiger partial charge in [-0.3, -0.25) is 14.5 Å². The Hall–Kier alpha value is -3.86. The van der Waals surface area contributed by atoms with E-state index < -0.39 is 17.7 Å². The molecule has 0 aromatic heterocycles. The molecule has 1 aliphatic heterocycles. The summed E-state index contributed by atoms with van der Waals surface area (Å²) in [5, 5.41) is 11.5. The Balaban J connectivity index is 1.85. The number of anilines is 1. The lowest BCUT2D eigenvalue weighted by Crippen LogP contribution is -2.29. The van der Waals surface area contributed by atoms with Crippen molar-refractivity contribution in [2.45, 2.75) is 59.4 Å². The molecule has 5 heteroatoms. The van der Waals surface area contributed by atoms with Crippen LogP contribution in [-0.4, -0.2) is 23.4 Å². The number of benzene rings is 3. The van der Waals surface area contributed by atoms with Gasteiger partial charge in [-0.1, -0.05) is 90.1 Å². The number of ketones is 1. The fraction of sp³-hybridized carbons (Fsp3) is 0.333. The van der Waals surface area contributed by atoms with Crippen LogP contribution in [0.25, 0.3) is 5.76 Å². The normalized spacial score (nSPS) is 17.3. The maximum absolute atomic E-state index is 13.5. The first-order valence-electron chi connectivity index (χ1n) is 13.2. The molecule has 1 aliphatic rings. The predicted octanol–water partition coefficient (Wildman–Crippen LogP) is 7.21. The van der Waals surface area contributed by atoms with Gasteiger partial charge >= 0.3 is 0 Å². The third kappa shape index (κ3) is 5.52. The standard InChI is InChI=1S/C33H37NO4/c1-7-22-11-13-23(14-12-22)29-28(30(35)24-9-8-10-27(19-24)38-20-21(2)3)31(36)32(37)34(29)26-17-15-25(16-18-26)33(4,5)6/h8-19,21,29,35H,7,20H2,1-6H3/b30-28+. The molecule has 3 aromatic carbocycles. The van der Waals surface area contributed by atoms with Gasteiger partial charge in [0.15, 0.2) is 0 Å². The van der Waals surface area contributed by atoms with Gasteiger partial charge in [-0.15, -0.1) is 0 Å². The summed E-state index contributed by atoms with van der Waals surface area (Å²) < 4.78 is 5.84. The molecular formula is C33H37NO4. The van der Waals surface area contributed by atoms with Crippen molar-refractivity contribution in [2.24, 2.45) is 5.92 Å². The number of carbonyl (C=O) groups excluding carboxylic acids is 2. The predicted molar refractivity (Wildman–Crippen MR) is 153 cm³/mol. The van der Waals surface area contributed by atoms with Gasteiger partial charge in [-0.05, 0) is 58.7 Å². The lowest BCUT2D eigenvalue weighted by Gasteiger charge is -2.27. The molecule has 5 nitrogen and oxygen atoms in total. The third-order valence-electron chi connectivity index (χ3n) is 6.85. The molecule has 1 N–H and O–H groups in total. The number of amides is 1. The number of ether oxygens (including phenoxy) is 1. The average molecular weight is 512 g/mol. The van der Waals surface area contributed by atoms with Crippen molar-refractivity contribution in [3.05, 3.63) is 101 Å². The van der Waals surface area contributed by atoms with Crippen LogP contribution in [0.4, 0.5) is 5.69 Å². The van der Waals surface area contributed by atoms with Crippen LogP contribution in [0.2, 0.25) is 0 Å². The van der Waals surface area contributed by atoms with Gasteiger partial charge in [0.25, 0.3) is 11.7 Å². The monoisotopic (exact) mass is 511 g/mol. The van der Waals surface area contributed by atoms with Crippen molar-refractivity contribution >= 4 is 23.1 Å². The first-order valence-corrected chi connectivity index (χ1v) is 13.2. The number of aryl methyl sites for hydroxylation is 1. The lowest BCUT2D eigenvalue weighted by atomic mass is 9.87. The summed E-state index contributed by atoms with van der Waals surface area (Å²) in [7, 11) is 0. The fourth-order valence-electron chi connectivity index (χ4n) is 4.62. The summed E-state index contributed by atoms with van der Waals surface area (Å²) in [6.45, 7) is 13.1. The minimum atomic E-state index is -0.762. The van der Waals surface area contributed by atoms with Gasteiger partial charge in [0, 0.05) is 11.3 Å². The number of aliphatic hydroxyl groups is 1. The Morgan fingerprint density at radius 2 is 1.63 bits per heavy atom. The minimum absolute atomic E-state index is 0.0509. The average Bonchev–Trinajstić information content (AvgIpc) is 3.17. The van der Waals surface area contributed by atoms with Gasteiger partial charge < -0.3 is 9.84 Å². The number of hydrogen-bond acceptors (Lipinski definition) is 4. The smallest absolute Gasteiger partial charge is 0.300 e. The molecule has 1 atom stereocenters. The number of carbonyl (C=O) groups is 2. The Morgan fingerprint density at radius 1 is 0.974 bits per heavy atom. The zero-order valence-electron chi connectivity index (χ0n) is 23.1. The second-order valence-electron chi connectivity index (χ2n) is 11.3. The van der Waals surface area contributed by atoms with Crippen molar-refractivity contribution in [1.29, 1.82) is 0 Å². The molecule has 0 bridgehead atoms. The van der Waals surface area contributed by atoms with Gasteiger partial charge in [-0.2, -0.15) is 0 Å². The molecule has 1 heterocycles. The highest BCUT2D eigenvalue weighted by atomic mass is 16.5. The fourth-order valence-corrected chi connectivity index (χ4v) is 4.62. The molecule has 1 saturated heterocycles. The molecule has 0 saturated carbocycles. The molecule has 0 spiro atoms. The number of rotatable bonds is 7. The van der Waals surface area contributed by atoms with Crippen LogP contribution >= 0.6 is 0 Å². The van der Waals surface area contributed by atoms with Crippen LogP contribution < -0.4 is 9.64 Å². The molecule has 0 radical (unpaired) electrons. The van der Waals surface area contributed by atoms with Gasteiger partial charge in [-0.25, -0.2) is 0 Å². The Bertz CT molecular complexity index is 1340. The highest BCUT2D eigenvalue weighted by molar-refractivity contribution is 6.51. The van der Waals surface area contributed by atoms with Crippen LogP contribution in [0.5, 0.6) is 5.75 Å². The van der Waals surface area contributed by atoms with Gasteiger partial charge in [0.2, 0.25) is 0 Å². The molecule has 38 heavy (non-hydrogen) atoms. The van der Waals surface area contributed by atoms with Crippen LogP contribution in [0.3, 0.4) is 0 Å². The first kappa shape index (κ1) is 27.2. The van der Waals surface area contributed by atoms with Crippen LogP contribution in [0.15, 0.2) is 78.4 Å². The molecule has 1 fully saturated rings. The van der Waals surface area contributed by atoms with Crippen LogP contribution in [0, 0.1) is 5.92 Å². The molecule has 4 rings (SSSR count). The van der Waals surface area contributed by atoms with Gasteiger partial charge in [0.1, 0.15) is 11.5 Å². The van der Waals surface area contributed by atoms with Crippen molar-refractivity contribution < 1.29 is 19.4 Å². The van der Waals surface area contributed by atoms with Crippen LogP contribution in [-0.2, 0) is 21.4 Å². The van der Waals surface area contributed by atoms with E-state index in [0.717, 1.165) is 23.1 Å². The molecule has 3 aromatic rings. The lowest BCUT2D eigenvalue weighted by molar-refractivity contribution is -0.132. The highest BCUT2D eigenvalue weighted by Gasteiger charge is 2.47. The number of aliphatic hydroxyl groups excluding tert-OH is 1. The van der Waals surface area contributed by atoms with E-state index in [1.54, 1.807) is 18.2 Å². The van der Waals surface area contributed by atoms with Crippen molar-refractivity contribution in [3.8, 4) is 5.75 Å². The second-order valence-corrected chi connectivity index (χ2v) is 11.3. The highest BCUT2D eigenvalue weighted by Crippen LogP contribution is 2.43. The van der Waals surface area contributed by atoms with E-state index in [9.17, 15) is 14.7 Å². The molecule has 1 unspecified atom stereocenters. The Kier molecular flexibility index (Phi) is 7.77. The van der Waals surface area contributed by atoms with E-state index in [0.29, 0.717) is 29.5 Å². The van der Waals surface area contributed by atoms with Crippen molar-refractivity contribution in [2.75, 3.05) is 11.5 Å². The largest absolute Gasteiger partial charge is 0.507 e. The number of nitrogens with zero attached hydrogens (tertiary/aromatic N) is 1. The first-order chi connectivity index (χ1) is 18.0. The van der Waals surface area contributed by atoms with E-state index in [4.69, 9.17) is 4.74 Å². The van der Waals surface area contributed by atoms with Gasteiger partial charge in [0.05, 0.1) is 18.2 Å². The minimum Gasteiger partial charge on any atom is -0.507 e. The summed E-state index contributed by atoms with van der Waals surface area (Å²) in [6.07, 6.45) is 0.873. The summed E-state index contributed by atoms with van der Waals surface area (Å²) >= 11 is 0. The van der Waals surface area contributed by atoms with E-state index in [2.05, 4.69) is 41.5 Å². The van der Waals surface area contributed by atoms with Crippen molar-refractivity contribution in [3.63, 3.8) is 0 Å². The molecule has 0 aliphatic carbocycles. The van der Waals surface area contributed by atoms with E-state index in [1.807, 2.05) is 54.6 Å². The number of hydrogen-bond donors (Lipinski definition) is 1. The zero-order chi connectivity index (χ0) is 27.6. The quantitative estimate of drug-likeness (QED) is 0.207. The van der Waals surface area contributed by atoms with E-state index in [-0.39, 0.29) is 16.7 Å². The summed E-state index contributed by atoms with van der Waals surface area (Å²) in [5.74, 6) is -0.643. The van der Waals surface area contributed by atoms with Crippen molar-refractivity contribution in [1.82, 2.24) is 0 Å². The van der Waals surface area contributed by atoms with E-state index >= 15 is 0 Å². The Morgan fingerprint density at radius 3 is 2.21 bits per heavy atom. The number of Topliss-reactive ketones (excluding diaryl/α,β-unsaturated/α-hetero) is 1. The summed E-state index contributed by atoms with van der Waals surface area (Å²) in [5.41, 5.74) is 4.09. The molecule has 198 valence electrons. The second kappa shape index (κ2) is 10.9. The Labute approximate surface area is 225 Å². The maximum atomic E-state index is 13.5. The SMILES string of the molecule is CCc1ccc(C2/C(=C(\O)c3cccc(OCC(C)C)c3)C(=O)C(=O)N2c2ccc(C(C)(C)C)cc2)cc1. The molecular weight excluding hydrogens is 474 g/mol. The molecule has 1 amide bonds.